The van der Waals surface area contributed by atoms with Gasteiger partial charge in [-0.3, -0.25) is 4.79 Å². The van der Waals surface area contributed by atoms with Gasteiger partial charge in [0.15, 0.2) is 11.5 Å². The molecule has 0 spiro atoms. The van der Waals surface area contributed by atoms with Gasteiger partial charge in [0.2, 0.25) is 0 Å². The number of carbonyl (C=O) groups is 1. The minimum absolute atomic E-state index is 0.245. The minimum atomic E-state index is -0.245. The lowest BCUT2D eigenvalue weighted by Gasteiger charge is -2.14. The third-order valence-electron chi connectivity index (χ3n) is 4.31. The Bertz CT molecular complexity index is 991. The molecule has 1 amide bonds. The van der Waals surface area contributed by atoms with Crippen molar-refractivity contribution in [2.75, 3.05) is 26.6 Å². The molecule has 0 saturated heterocycles. The Balaban J connectivity index is 1.75. The number of benzene rings is 2. The van der Waals surface area contributed by atoms with Crippen LogP contribution in [0.1, 0.15) is 15.9 Å². The van der Waals surface area contributed by atoms with Crippen molar-refractivity contribution >= 4 is 17.4 Å². The summed E-state index contributed by atoms with van der Waals surface area (Å²) in [6.45, 7) is 0.335. The lowest BCUT2D eigenvalue weighted by atomic mass is 10.2. The number of amides is 1. The third-order valence-corrected chi connectivity index (χ3v) is 4.31. The first-order chi connectivity index (χ1) is 14.2. The van der Waals surface area contributed by atoms with Crippen LogP contribution in [0.2, 0.25) is 0 Å². The summed E-state index contributed by atoms with van der Waals surface area (Å²) in [7, 11) is 4.75. The topological polar surface area (TPSA) is 81.7 Å². The molecule has 0 aliphatic heterocycles. The quantitative estimate of drug-likeness (QED) is 0.606. The van der Waals surface area contributed by atoms with E-state index in [2.05, 4.69) is 15.6 Å². The van der Waals surface area contributed by atoms with Crippen LogP contribution in [0.4, 0.5) is 11.5 Å². The van der Waals surface area contributed by atoms with E-state index in [9.17, 15) is 4.79 Å². The molecule has 1 heterocycles. The summed E-state index contributed by atoms with van der Waals surface area (Å²) in [5.74, 6) is 2.11. The second-order valence-electron chi connectivity index (χ2n) is 6.10. The van der Waals surface area contributed by atoms with Crippen molar-refractivity contribution in [3.8, 4) is 17.2 Å². The van der Waals surface area contributed by atoms with Crippen LogP contribution in [0.15, 0.2) is 60.8 Å². The highest BCUT2D eigenvalue weighted by molar-refractivity contribution is 5.99. The molecule has 7 nitrogen and oxygen atoms in total. The van der Waals surface area contributed by atoms with Crippen LogP contribution in [0.25, 0.3) is 0 Å². The average Bonchev–Trinajstić information content (AvgIpc) is 2.78. The zero-order valence-electron chi connectivity index (χ0n) is 16.6. The number of methoxy groups -OCH3 is 3. The maximum atomic E-state index is 12.8. The second-order valence-corrected chi connectivity index (χ2v) is 6.10. The van der Waals surface area contributed by atoms with Crippen molar-refractivity contribution in [3.63, 3.8) is 0 Å². The Kier molecular flexibility index (Phi) is 6.52. The number of ether oxygens (including phenoxy) is 3. The first-order valence-corrected chi connectivity index (χ1v) is 9.00. The van der Waals surface area contributed by atoms with E-state index >= 15 is 0 Å². The zero-order chi connectivity index (χ0) is 20.6. The van der Waals surface area contributed by atoms with E-state index in [-0.39, 0.29) is 5.91 Å². The van der Waals surface area contributed by atoms with Gasteiger partial charge in [-0.2, -0.15) is 0 Å². The van der Waals surface area contributed by atoms with Gasteiger partial charge in [-0.05, 0) is 42.0 Å². The zero-order valence-corrected chi connectivity index (χ0v) is 16.6. The number of nitrogens with zero attached hydrogens (tertiary/aromatic N) is 1. The molecule has 1 aromatic heterocycles. The van der Waals surface area contributed by atoms with Gasteiger partial charge in [-0.25, -0.2) is 4.98 Å². The number of para-hydroxylation sites is 2. The predicted octanol–water partition coefficient (Wildman–Crippen LogP) is 3.78. The number of hydrogen-bond acceptors (Lipinski definition) is 6. The summed E-state index contributed by atoms with van der Waals surface area (Å²) in [6.07, 6.45) is 1.63. The average molecular weight is 393 g/mol. The first-order valence-electron chi connectivity index (χ1n) is 9.00. The standard InChI is InChI=1S/C22H23N3O4/c1-27-18-9-5-4-8-17(18)25-21-16(7-6-12-23-21)22(26)24-14-15-10-11-19(28-2)20(13-15)29-3/h4-13H,14H2,1-3H3,(H,23,25)(H,24,26). The van der Waals surface area contributed by atoms with Gasteiger partial charge < -0.3 is 24.8 Å². The normalized spacial score (nSPS) is 10.2. The summed E-state index contributed by atoms with van der Waals surface area (Å²) in [5, 5.41) is 6.08. The Morgan fingerprint density at radius 2 is 1.66 bits per heavy atom. The maximum Gasteiger partial charge on any atom is 0.255 e. The van der Waals surface area contributed by atoms with Gasteiger partial charge >= 0.3 is 0 Å². The summed E-state index contributed by atoms with van der Waals surface area (Å²) in [4.78, 5) is 17.1. The lowest BCUT2D eigenvalue weighted by molar-refractivity contribution is 0.0951. The number of nitrogens with one attached hydrogen (secondary N) is 2. The molecule has 0 aliphatic carbocycles. The van der Waals surface area contributed by atoms with Crippen molar-refractivity contribution in [2.45, 2.75) is 6.54 Å². The van der Waals surface area contributed by atoms with Gasteiger partial charge in [0.1, 0.15) is 11.6 Å². The van der Waals surface area contributed by atoms with Gasteiger partial charge in [0.25, 0.3) is 5.91 Å². The first kappa shape index (κ1) is 20.0. The van der Waals surface area contributed by atoms with Crippen LogP contribution in [0, 0.1) is 0 Å². The predicted molar refractivity (Wildman–Crippen MR) is 111 cm³/mol. The monoisotopic (exact) mass is 393 g/mol. The lowest BCUT2D eigenvalue weighted by Crippen LogP contribution is -2.24. The summed E-state index contributed by atoms with van der Waals surface area (Å²) < 4.78 is 15.9. The highest BCUT2D eigenvalue weighted by atomic mass is 16.5. The molecule has 2 aromatic carbocycles. The number of carbonyl (C=O) groups excluding carboxylic acids is 1. The summed E-state index contributed by atoms with van der Waals surface area (Å²) >= 11 is 0. The Hall–Kier alpha value is -3.74. The molecule has 7 heteroatoms. The number of anilines is 2. The van der Waals surface area contributed by atoms with E-state index in [1.807, 2.05) is 36.4 Å². The number of aromatic nitrogens is 1. The number of rotatable bonds is 8. The molecule has 0 unspecified atom stereocenters. The smallest absolute Gasteiger partial charge is 0.255 e. The third kappa shape index (κ3) is 4.76. The van der Waals surface area contributed by atoms with Crippen LogP contribution in [-0.4, -0.2) is 32.2 Å². The Labute approximate surface area is 169 Å². The van der Waals surface area contributed by atoms with E-state index in [0.29, 0.717) is 35.2 Å². The van der Waals surface area contributed by atoms with E-state index in [1.54, 1.807) is 45.7 Å². The highest BCUT2D eigenvalue weighted by Crippen LogP contribution is 2.28. The van der Waals surface area contributed by atoms with Crippen LogP contribution in [0.5, 0.6) is 17.2 Å². The van der Waals surface area contributed by atoms with E-state index < -0.39 is 0 Å². The van der Waals surface area contributed by atoms with Gasteiger partial charge in [-0.1, -0.05) is 18.2 Å². The fourth-order valence-electron chi connectivity index (χ4n) is 2.83. The summed E-state index contributed by atoms with van der Waals surface area (Å²) in [5.41, 5.74) is 2.04. The van der Waals surface area contributed by atoms with Crippen molar-refractivity contribution in [2.24, 2.45) is 0 Å². The number of hydrogen-bond donors (Lipinski definition) is 2. The van der Waals surface area contributed by atoms with Crippen molar-refractivity contribution < 1.29 is 19.0 Å². The highest BCUT2D eigenvalue weighted by Gasteiger charge is 2.14. The molecular weight excluding hydrogens is 370 g/mol. The molecule has 0 bridgehead atoms. The Morgan fingerprint density at radius 1 is 0.897 bits per heavy atom. The van der Waals surface area contributed by atoms with Crippen LogP contribution in [-0.2, 0) is 6.54 Å². The van der Waals surface area contributed by atoms with Gasteiger partial charge in [0, 0.05) is 12.7 Å². The minimum Gasteiger partial charge on any atom is -0.495 e. The second kappa shape index (κ2) is 9.45. The molecule has 2 N–H and O–H groups in total. The van der Waals surface area contributed by atoms with E-state index in [1.165, 1.54) is 0 Å². The maximum absolute atomic E-state index is 12.8. The molecule has 0 saturated carbocycles. The van der Waals surface area contributed by atoms with Gasteiger partial charge in [0.05, 0.1) is 32.6 Å². The molecule has 0 aliphatic rings. The van der Waals surface area contributed by atoms with Crippen molar-refractivity contribution in [3.05, 3.63) is 71.9 Å². The fraction of sp³-hybridized carbons (Fsp3) is 0.182. The molecule has 3 rings (SSSR count). The van der Waals surface area contributed by atoms with Crippen LogP contribution < -0.4 is 24.8 Å². The summed E-state index contributed by atoms with van der Waals surface area (Å²) in [6, 6.07) is 16.4. The molecule has 29 heavy (non-hydrogen) atoms. The van der Waals surface area contributed by atoms with Crippen molar-refractivity contribution in [1.82, 2.24) is 10.3 Å². The Morgan fingerprint density at radius 3 is 2.41 bits per heavy atom. The van der Waals surface area contributed by atoms with Crippen LogP contribution >= 0.6 is 0 Å². The largest absolute Gasteiger partial charge is 0.495 e. The molecular formula is C22H23N3O4. The van der Waals surface area contributed by atoms with Crippen LogP contribution in [0.3, 0.4) is 0 Å². The van der Waals surface area contributed by atoms with E-state index in [4.69, 9.17) is 14.2 Å². The molecule has 3 aromatic rings. The van der Waals surface area contributed by atoms with E-state index in [0.717, 1.165) is 11.3 Å². The molecule has 0 atom stereocenters. The molecule has 0 fully saturated rings. The van der Waals surface area contributed by atoms with Gasteiger partial charge in [-0.15, -0.1) is 0 Å². The SMILES string of the molecule is COc1ccccc1Nc1ncccc1C(=O)NCc1ccc(OC)c(OC)c1. The van der Waals surface area contributed by atoms with Crippen molar-refractivity contribution in [1.29, 1.82) is 0 Å². The fourth-order valence-corrected chi connectivity index (χ4v) is 2.83. The number of pyridine rings is 1. The molecule has 150 valence electrons. The molecule has 0 radical (unpaired) electrons.